The predicted octanol–water partition coefficient (Wildman–Crippen LogP) is 3.31. The van der Waals surface area contributed by atoms with Crippen LogP contribution in [-0.4, -0.2) is 41.3 Å². The zero-order chi connectivity index (χ0) is 22.9. The van der Waals surface area contributed by atoms with Crippen LogP contribution in [0.2, 0.25) is 0 Å². The largest absolute Gasteiger partial charge is 0.573 e. The van der Waals surface area contributed by atoms with Crippen LogP contribution in [0.5, 0.6) is 5.75 Å². The average Bonchev–Trinajstić information content (AvgIpc) is 3.39. The summed E-state index contributed by atoms with van der Waals surface area (Å²) >= 11 is 0. The van der Waals surface area contributed by atoms with Crippen LogP contribution in [0.3, 0.4) is 0 Å². The van der Waals surface area contributed by atoms with Crippen molar-refractivity contribution >= 4 is 10.9 Å². The van der Waals surface area contributed by atoms with Crippen LogP contribution in [-0.2, 0) is 11.3 Å². The minimum absolute atomic E-state index is 0.0807. The van der Waals surface area contributed by atoms with Crippen molar-refractivity contribution in [3.63, 3.8) is 0 Å². The SMILES string of the molecule is CC(C)OCCn1ccc2c(C3CNNC3)cn(-c3ccc(OC(F)(F)F)cc3)c(=O)c21. The molecule has 3 aromatic rings. The van der Waals surface area contributed by atoms with E-state index in [-0.39, 0.29) is 23.3 Å². The lowest BCUT2D eigenvalue weighted by atomic mass is 9.98. The van der Waals surface area contributed by atoms with Crippen molar-refractivity contribution in [2.24, 2.45) is 0 Å². The summed E-state index contributed by atoms with van der Waals surface area (Å²) in [5.74, 6) is -0.200. The highest BCUT2D eigenvalue weighted by Crippen LogP contribution is 2.28. The van der Waals surface area contributed by atoms with Gasteiger partial charge in [-0.1, -0.05) is 0 Å². The first-order valence-corrected chi connectivity index (χ1v) is 10.4. The Hall–Kier alpha value is -2.82. The first-order chi connectivity index (χ1) is 15.2. The number of pyridine rings is 1. The lowest BCUT2D eigenvalue weighted by Gasteiger charge is -2.16. The third kappa shape index (κ3) is 4.82. The quantitative estimate of drug-likeness (QED) is 0.578. The van der Waals surface area contributed by atoms with Crippen molar-refractivity contribution in [2.75, 3.05) is 19.7 Å². The van der Waals surface area contributed by atoms with E-state index in [1.165, 1.54) is 28.8 Å². The highest BCUT2D eigenvalue weighted by Gasteiger charge is 2.31. The molecule has 0 amide bonds. The molecule has 0 spiro atoms. The van der Waals surface area contributed by atoms with Gasteiger partial charge in [-0.2, -0.15) is 0 Å². The number of benzene rings is 1. The van der Waals surface area contributed by atoms with Gasteiger partial charge in [0.2, 0.25) is 0 Å². The van der Waals surface area contributed by atoms with Crippen molar-refractivity contribution in [1.82, 2.24) is 20.0 Å². The Morgan fingerprint density at radius 2 is 1.81 bits per heavy atom. The molecule has 2 aromatic heterocycles. The van der Waals surface area contributed by atoms with Gasteiger partial charge in [0.25, 0.3) is 5.56 Å². The van der Waals surface area contributed by atoms with E-state index in [4.69, 9.17) is 4.74 Å². The Bertz CT molecular complexity index is 1130. The van der Waals surface area contributed by atoms with Gasteiger partial charge in [0.1, 0.15) is 11.3 Å². The second kappa shape index (κ2) is 8.97. The highest BCUT2D eigenvalue weighted by molar-refractivity contribution is 5.84. The summed E-state index contributed by atoms with van der Waals surface area (Å²) in [6, 6.07) is 7.22. The van der Waals surface area contributed by atoms with Gasteiger partial charge in [-0.25, -0.2) is 0 Å². The molecule has 2 N–H and O–H groups in total. The van der Waals surface area contributed by atoms with Crippen molar-refractivity contribution in [1.29, 1.82) is 0 Å². The van der Waals surface area contributed by atoms with Gasteiger partial charge in [-0.05, 0) is 49.7 Å². The summed E-state index contributed by atoms with van der Waals surface area (Å²) in [5, 5.41) is 0.864. The second-order valence-corrected chi connectivity index (χ2v) is 7.95. The molecule has 32 heavy (non-hydrogen) atoms. The van der Waals surface area contributed by atoms with E-state index >= 15 is 0 Å². The first-order valence-electron chi connectivity index (χ1n) is 10.4. The van der Waals surface area contributed by atoms with Crippen molar-refractivity contribution < 1.29 is 22.6 Å². The lowest BCUT2D eigenvalue weighted by molar-refractivity contribution is -0.274. The van der Waals surface area contributed by atoms with Gasteiger partial charge in [-0.3, -0.25) is 20.2 Å². The molecule has 1 saturated heterocycles. The van der Waals surface area contributed by atoms with Gasteiger partial charge in [-0.15, -0.1) is 13.2 Å². The molecule has 172 valence electrons. The molecule has 0 radical (unpaired) electrons. The maximum atomic E-state index is 13.4. The number of hydrogen-bond donors (Lipinski definition) is 2. The summed E-state index contributed by atoms with van der Waals surface area (Å²) < 4.78 is 50.4. The number of fused-ring (bicyclic) bond motifs is 1. The van der Waals surface area contributed by atoms with Crippen LogP contribution in [0.25, 0.3) is 16.6 Å². The molecule has 3 heterocycles. The Morgan fingerprint density at radius 3 is 2.44 bits per heavy atom. The Morgan fingerprint density at radius 1 is 1.12 bits per heavy atom. The molecule has 0 aliphatic carbocycles. The fourth-order valence-electron chi connectivity index (χ4n) is 3.91. The summed E-state index contributed by atoms with van der Waals surface area (Å²) in [6.07, 6.45) is -1.04. The number of alkyl halides is 3. The zero-order valence-corrected chi connectivity index (χ0v) is 17.8. The second-order valence-electron chi connectivity index (χ2n) is 7.95. The molecule has 1 aliphatic heterocycles. The van der Waals surface area contributed by atoms with E-state index in [1.807, 2.05) is 30.7 Å². The van der Waals surface area contributed by atoms with E-state index in [9.17, 15) is 18.0 Å². The molecule has 0 unspecified atom stereocenters. The standard InChI is InChI=1S/C22H25F3N4O3/c1-14(2)31-10-9-28-8-7-18-19(15-11-26-27-12-15)13-29(21(30)20(18)28)16-3-5-17(6-4-16)32-22(23,24)25/h3-8,13-15,26-27H,9-12H2,1-2H3. The fraction of sp³-hybridized carbons (Fsp3) is 0.409. The number of aromatic nitrogens is 2. The van der Waals surface area contributed by atoms with E-state index in [2.05, 4.69) is 15.6 Å². The molecule has 0 bridgehead atoms. The number of nitrogens with one attached hydrogen (secondary N) is 2. The summed E-state index contributed by atoms with van der Waals surface area (Å²) in [4.78, 5) is 13.4. The average molecular weight is 450 g/mol. The van der Waals surface area contributed by atoms with Crippen molar-refractivity contribution in [2.45, 2.75) is 38.8 Å². The third-order valence-electron chi connectivity index (χ3n) is 5.36. The number of hydrazine groups is 1. The zero-order valence-electron chi connectivity index (χ0n) is 17.8. The van der Waals surface area contributed by atoms with Crippen LogP contribution >= 0.6 is 0 Å². The normalized spacial score (nSPS) is 15.2. The Labute approximate surface area is 182 Å². The van der Waals surface area contributed by atoms with Crippen molar-refractivity contribution in [3.8, 4) is 11.4 Å². The highest BCUT2D eigenvalue weighted by atomic mass is 19.4. The smallest absolute Gasteiger partial charge is 0.406 e. The van der Waals surface area contributed by atoms with Crippen molar-refractivity contribution in [3.05, 3.63) is 58.6 Å². The molecule has 1 fully saturated rings. The maximum Gasteiger partial charge on any atom is 0.573 e. The molecular formula is C22H25F3N4O3. The number of rotatable bonds is 7. The predicted molar refractivity (Wildman–Crippen MR) is 114 cm³/mol. The molecule has 0 saturated carbocycles. The molecule has 4 rings (SSSR count). The Kier molecular flexibility index (Phi) is 6.27. The van der Waals surface area contributed by atoms with Crippen LogP contribution in [0.1, 0.15) is 25.3 Å². The molecular weight excluding hydrogens is 425 g/mol. The summed E-state index contributed by atoms with van der Waals surface area (Å²) in [5.41, 5.74) is 7.94. The van der Waals surface area contributed by atoms with E-state index in [1.54, 1.807) is 6.20 Å². The fourth-order valence-corrected chi connectivity index (χ4v) is 3.91. The molecule has 7 nitrogen and oxygen atoms in total. The number of halogens is 3. The minimum Gasteiger partial charge on any atom is -0.406 e. The minimum atomic E-state index is -4.77. The van der Waals surface area contributed by atoms with Gasteiger partial charge >= 0.3 is 6.36 Å². The topological polar surface area (TPSA) is 69.4 Å². The monoisotopic (exact) mass is 450 g/mol. The van der Waals surface area contributed by atoms with E-state index in [0.717, 1.165) is 10.9 Å². The van der Waals surface area contributed by atoms with Crippen LogP contribution < -0.4 is 21.1 Å². The number of ether oxygens (including phenoxy) is 2. The van der Waals surface area contributed by atoms with Gasteiger partial charge < -0.3 is 14.0 Å². The van der Waals surface area contributed by atoms with Gasteiger partial charge in [0, 0.05) is 49.0 Å². The number of nitrogens with zero attached hydrogens (tertiary/aromatic N) is 2. The Balaban J connectivity index is 1.77. The lowest BCUT2D eigenvalue weighted by Crippen LogP contribution is -2.23. The molecule has 0 atom stereocenters. The van der Waals surface area contributed by atoms with E-state index in [0.29, 0.717) is 37.4 Å². The first kappa shape index (κ1) is 22.4. The summed E-state index contributed by atoms with van der Waals surface area (Å²) in [7, 11) is 0. The third-order valence-corrected chi connectivity index (χ3v) is 5.36. The van der Waals surface area contributed by atoms with Crippen LogP contribution in [0.15, 0.2) is 47.5 Å². The maximum absolute atomic E-state index is 13.4. The molecule has 10 heteroatoms. The molecule has 1 aliphatic rings. The van der Waals surface area contributed by atoms with Crippen LogP contribution in [0, 0.1) is 0 Å². The van der Waals surface area contributed by atoms with Crippen LogP contribution in [0.4, 0.5) is 13.2 Å². The summed E-state index contributed by atoms with van der Waals surface area (Å²) in [6.45, 7) is 6.28. The van der Waals surface area contributed by atoms with E-state index < -0.39 is 6.36 Å². The van der Waals surface area contributed by atoms with Gasteiger partial charge in [0.15, 0.2) is 0 Å². The van der Waals surface area contributed by atoms with Gasteiger partial charge in [0.05, 0.1) is 12.7 Å². The number of hydrogen-bond acceptors (Lipinski definition) is 5. The molecule has 1 aromatic carbocycles.